The van der Waals surface area contributed by atoms with Crippen LogP contribution in [0.2, 0.25) is 5.02 Å². The number of hydrogen-bond donors (Lipinski definition) is 0. The van der Waals surface area contributed by atoms with E-state index in [0.29, 0.717) is 55.5 Å². The molecule has 1 amide bonds. The van der Waals surface area contributed by atoms with Crippen molar-refractivity contribution in [1.82, 2.24) is 4.31 Å². The van der Waals surface area contributed by atoms with E-state index in [0.717, 1.165) is 12.1 Å². The number of halogens is 1. The smallest absolute Gasteiger partial charge is 0.238 e. The minimum Gasteiger partial charge on any atom is -0.299 e. The van der Waals surface area contributed by atoms with Gasteiger partial charge in [0.1, 0.15) is 5.78 Å². The van der Waals surface area contributed by atoms with Crippen LogP contribution in [0.1, 0.15) is 46.0 Å². The number of Topliss-reactive ketones (excluding diaryl/α,β-unsaturated/α-hetero) is 1. The highest BCUT2D eigenvalue weighted by atomic mass is 35.5. The monoisotopic (exact) mass is 496 g/mol. The molecule has 2 aliphatic carbocycles. The lowest BCUT2D eigenvalue weighted by molar-refractivity contribution is -0.128. The highest BCUT2D eigenvalue weighted by Gasteiger charge is 2.65. The second-order valence-electron chi connectivity index (χ2n) is 10.3. The number of ketones is 1. The number of anilines is 1. The first-order valence-corrected chi connectivity index (χ1v) is 14.2. The topological polar surface area (TPSA) is 74.8 Å². The third-order valence-electron chi connectivity index (χ3n) is 8.67. The van der Waals surface area contributed by atoms with E-state index >= 15 is 0 Å². The lowest BCUT2D eigenvalue weighted by Crippen LogP contribution is -2.55. The molecular formula is C23H29ClN2O4S2. The Morgan fingerprint density at radius 3 is 2.31 bits per heavy atom. The average molecular weight is 497 g/mol. The summed E-state index contributed by atoms with van der Waals surface area (Å²) < 4.78 is 28.5. The molecule has 0 aromatic heterocycles. The minimum atomic E-state index is -3.58. The van der Waals surface area contributed by atoms with Gasteiger partial charge in [-0.1, -0.05) is 25.4 Å². The highest BCUT2D eigenvalue weighted by molar-refractivity contribution is 8.02. The molecule has 4 fully saturated rings. The van der Waals surface area contributed by atoms with Crippen LogP contribution in [0.25, 0.3) is 0 Å². The zero-order valence-electron chi connectivity index (χ0n) is 18.5. The number of sulfonamides is 1. The standard InChI is InChI=1S/C23H29ClN2O4S2/c1-21(2)16-7-8-22(21,19(27)13-16)15-32(29,30)25-11-9-23(10-12-25)26(20(28)14-31-23)18-5-3-17(24)4-6-18/h3-6,16H,7-15H2,1-2H3/t16?,22-/m1/s1. The van der Waals surface area contributed by atoms with Crippen molar-refractivity contribution < 1.29 is 18.0 Å². The van der Waals surface area contributed by atoms with Crippen LogP contribution >= 0.6 is 23.4 Å². The Kier molecular flexibility index (Phi) is 5.29. The van der Waals surface area contributed by atoms with Gasteiger partial charge >= 0.3 is 0 Å². The third kappa shape index (κ3) is 3.20. The first-order valence-electron chi connectivity index (χ1n) is 11.2. The molecule has 1 aromatic carbocycles. The van der Waals surface area contributed by atoms with Crippen molar-refractivity contribution >= 4 is 50.8 Å². The summed E-state index contributed by atoms with van der Waals surface area (Å²) in [5.41, 5.74) is -0.221. The van der Waals surface area contributed by atoms with Gasteiger partial charge in [-0.05, 0) is 61.3 Å². The Labute approximate surface area is 199 Å². The van der Waals surface area contributed by atoms with Crippen molar-refractivity contribution in [2.45, 2.75) is 50.8 Å². The van der Waals surface area contributed by atoms with Gasteiger partial charge in [0.2, 0.25) is 15.9 Å². The molecule has 1 unspecified atom stereocenters. The first-order chi connectivity index (χ1) is 15.0. The van der Waals surface area contributed by atoms with Gasteiger partial charge < -0.3 is 0 Å². The molecule has 174 valence electrons. The summed E-state index contributed by atoms with van der Waals surface area (Å²) in [7, 11) is -3.58. The molecule has 1 spiro atoms. The molecule has 2 bridgehead atoms. The largest absolute Gasteiger partial charge is 0.299 e. The van der Waals surface area contributed by atoms with Crippen LogP contribution in [0, 0.1) is 16.7 Å². The Bertz CT molecular complexity index is 1060. The first kappa shape index (κ1) is 22.7. The van der Waals surface area contributed by atoms with Gasteiger partial charge in [-0.15, -0.1) is 11.8 Å². The molecule has 2 aliphatic heterocycles. The van der Waals surface area contributed by atoms with E-state index in [1.807, 2.05) is 17.0 Å². The Morgan fingerprint density at radius 1 is 1.09 bits per heavy atom. The molecule has 1 aromatic rings. The summed E-state index contributed by atoms with van der Waals surface area (Å²) in [4.78, 5) is 27.0. The van der Waals surface area contributed by atoms with Crippen LogP contribution in [0.5, 0.6) is 0 Å². The zero-order chi connectivity index (χ0) is 22.9. The Morgan fingerprint density at radius 2 is 1.75 bits per heavy atom. The second-order valence-corrected chi connectivity index (χ2v) is 14.0. The van der Waals surface area contributed by atoms with Crippen molar-refractivity contribution in [2.75, 3.05) is 29.5 Å². The molecule has 6 nitrogen and oxygen atoms in total. The molecule has 4 aliphatic rings. The number of carbonyl (C=O) groups excluding carboxylic acids is 2. The van der Waals surface area contributed by atoms with Crippen LogP contribution in [0.3, 0.4) is 0 Å². The van der Waals surface area contributed by atoms with E-state index in [-0.39, 0.29) is 22.9 Å². The SMILES string of the molecule is CC1(C)C2CC[C@@]1(CS(=O)(=O)N1CCC3(CC1)SCC(=O)N3c1ccc(Cl)cc1)C(=O)C2. The molecule has 0 radical (unpaired) electrons. The quantitative estimate of drug-likeness (QED) is 0.631. The fourth-order valence-electron chi connectivity index (χ4n) is 6.51. The number of carbonyl (C=O) groups is 2. The summed E-state index contributed by atoms with van der Waals surface area (Å²) in [6.07, 6.45) is 3.26. The van der Waals surface area contributed by atoms with Gasteiger partial charge in [0, 0.05) is 35.6 Å². The number of benzene rings is 1. The number of thioether (sulfide) groups is 1. The van der Waals surface area contributed by atoms with Crippen molar-refractivity contribution in [3.63, 3.8) is 0 Å². The third-order valence-corrected chi connectivity index (χ3v) is 12.5. The second kappa shape index (κ2) is 7.45. The molecule has 2 heterocycles. The van der Waals surface area contributed by atoms with E-state index in [1.165, 1.54) is 0 Å². The van der Waals surface area contributed by atoms with Crippen LogP contribution in [-0.2, 0) is 19.6 Å². The van der Waals surface area contributed by atoms with Gasteiger partial charge in [-0.25, -0.2) is 12.7 Å². The normalized spacial score (nSPS) is 31.7. The summed E-state index contributed by atoms with van der Waals surface area (Å²) in [6, 6.07) is 7.24. The van der Waals surface area contributed by atoms with Gasteiger partial charge in [0.25, 0.3) is 0 Å². The molecule has 0 N–H and O–H groups in total. The van der Waals surface area contributed by atoms with E-state index < -0.39 is 20.3 Å². The minimum absolute atomic E-state index is 0.0443. The van der Waals surface area contributed by atoms with Gasteiger partial charge in [-0.3, -0.25) is 14.5 Å². The fourth-order valence-corrected chi connectivity index (χ4v) is 10.2. The maximum absolute atomic E-state index is 13.5. The van der Waals surface area contributed by atoms with Gasteiger partial charge in [0.15, 0.2) is 0 Å². The summed E-state index contributed by atoms with van der Waals surface area (Å²) in [5.74, 6) is 0.776. The van der Waals surface area contributed by atoms with Crippen LogP contribution in [0.4, 0.5) is 5.69 Å². The lowest BCUT2D eigenvalue weighted by Gasteiger charge is -2.44. The van der Waals surface area contributed by atoms with E-state index in [9.17, 15) is 18.0 Å². The van der Waals surface area contributed by atoms with Crippen molar-refractivity contribution in [3.8, 4) is 0 Å². The van der Waals surface area contributed by atoms with E-state index in [2.05, 4.69) is 13.8 Å². The number of piperidine rings is 1. The van der Waals surface area contributed by atoms with Crippen molar-refractivity contribution in [1.29, 1.82) is 0 Å². The molecular weight excluding hydrogens is 468 g/mol. The maximum Gasteiger partial charge on any atom is 0.238 e. The van der Waals surface area contributed by atoms with Crippen molar-refractivity contribution in [2.24, 2.45) is 16.7 Å². The fraction of sp³-hybridized carbons (Fsp3) is 0.652. The van der Waals surface area contributed by atoms with Gasteiger partial charge in [0.05, 0.1) is 16.4 Å². The molecule has 5 rings (SSSR count). The number of rotatable bonds is 4. The highest BCUT2D eigenvalue weighted by Crippen LogP contribution is 2.64. The number of nitrogens with zero attached hydrogens (tertiary/aromatic N) is 2. The number of amides is 1. The molecule has 2 saturated heterocycles. The average Bonchev–Trinajstić information content (AvgIpc) is 3.24. The van der Waals surface area contributed by atoms with E-state index in [4.69, 9.17) is 11.6 Å². The summed E-state index contributed by atoms with van der Waals surface area (Å²) >= 11 is 7.63. The van der Waals surface area contributed by atoms with Crippen LogP contribution in [0.15, 0.2) is 24.3 Å². The number of hydrogen-bond acceptors (Lipinski definition) is 5. The van der Waals surface area contributed by atoms with Crippen molar-refractivity contribution in [3.05, 3.63) is 29.3 Å². The molecule has 2 saturated carbocycles. The van der Waals surface area contributed by atoms with Crippen LogP contribution < -0.4 is 4.90 Å². The summed E-state index contributed by atoms with van der Waals surface area (Å²) in [5, 5.41) is 0.612. The predicted molar refractivity (Wildman–Crippen MR) is 127 cm³/mol. The Balaban J connectivity index is 1.34. The Hall–Kier alpha value is -1.09. The zero-order valence-corrected chi connectivity index (χ0v) is 20.9. The molecule has 2 atom stereocenters. The predicted octanol–water partition coefficient (Wildman–Crippen LogP) is 3.94. The van der Waals surface area contributed by atoms with E-state index in [1.54, 1.807) is 28.2 Å². The van der Waals surface area contributed by atoms with Crippen LogP contribution in [-0.4, -0.2) is 53.9 Å². The van der Waals surface area contributed by atoms with Gasteiger partial charge in [-0.2, -0.15) is 0 Å². The molecule has 32 heavy (non-hydrogen) atoms. The lowest BCUT2D eigenvalue weighted by atomic mass is 9.70. The summed E-state index contributed by atoms with van der Waals surface area (Å²) in [6.45, 7) is 4.86. The number of fused-ring (bicyclic) bond motifs is 2. The maximum atomic E-state index is 13.5. The molecule has 9 heteroatoms.